The van der Waals surface area contributed by atoms with Crippen LogP contribution < -0.4 is 0 Å². The molecule has 0 saturated carbocycles. The first-order chi connectivity index (χ1) is 13.3. The highest BCUT2D eigenvalue weighted by Crippen LogP contribution is 2.44. The topological polar surface area (TPSA) is 0 Å². The number of benzene rings is 1. The highest BCUT2D eigenvalue weighted by Gasteiger charge is 2.28. The number of fused-ring (bicyclic) bond motifs is 3. The molecule has 0 aliphatic heterocycles. The van der Waals surface area contributed by atoms with Gasteiger partial charge in [-0.3, -0.25) is 0 Å². The molecule has 1 aromatic carbocycles. The van der Waals surface area contributed by atoms with Crippen LogP contribution in [-0.4, -0.2) is 0 Å². The Balaban J connectivity index is 1.77. The van der Waals surface area contributed by atoms with Crippen molar-refractivity contribution >= 4 is 5.57 Å². The minimum atomic E-state index is 0.492. The van der Waals surface area contributed by atoms with E-state index in [9.17, 15) is 0 Å². The van der Waals surface area contributed by atoms with Crippen molar-refractivity contribution in [2.45, 2.75) is 44.9 Å². The summed E-state index contributed by atoms with van der Waals surface area (Å²) in [5, 5.41) is 0. The molecular formula is C27H28. The molecule has 1 unspecified atom stereocenters. The summed E-state index contributed by atoms with van der Waals surface area (Å²) in [5.74, 6) is 0.492. The third kappa shape index (κ3) is 3.62. The fourth-order valence-electron chi connectivity index (χ4n) is 4.46. The van der Waals surface area contributed by atoms with Crippen LogP contribution in [-0.2, 0) is 6.42 Å². The lowest BCUT2D eigenvalue weighted by molar-refractivity contribution is 0.756. The molecule has 4 rings (SSSR count). The van der Waals surface area contributed by atoms with E-state index in [-0.39, 0.29) is 0 Å². The average Bonchev–Trinajstić information content (AvgIpc) is 2.74. The zero-order valence-corrected chi connectivity index (χ0v) is 16.2. The molecule has 0 radical (unpaired) electrons. The first-order valence-electron chi connectivity index (χ1n) is 10.2. The molecule has 0 amide bonds. The van der Waals surface area contributed by atoms with Gasteiger partial charge in [0.05, 0.1) is 0 Å². The number of hydrogen-bond donors (Lipinski definition) is 0. The smallest absolute Gasteiger partial charge is 0.0130 e. The fraction of sp³-hybridized carbons (Fsp3) is 0.259. The van der Waals surface area contributed by atoms with Crippen molar-refractivity contribution in [1.29, 1.82) is 0 Å². The SMILES string of the molecule is C=C/C=C(\C=C1/Cc2ccc(C3=CC=CCC3)cc2C2CC=CC=C12)CC. The molecule has 136 valence electrons. The molecule has 0 heterocycles. The summed E-state index contributed by atoms with van der Waals surface area (Å²) in [6.45, 7) is 6.09. The van der Waals surface area contributed by atoms with Gasteiger partial charge >= 0.3 is 0 Å². The van der Waals surface area contributed by atoms with Gasteiger partial charge in [0.1, 0.15) is 0 Å². The van der Waals surface area contributed by atoms with Crippen molar-refractivity contribution in [2.75, 3.05) is 0 Å². The maximum atomic E-state index is 3.87. The number of rotatable bonds is 4. The molecule has 0 spiro atoms. The van der Waals surface area contributed by atoms with Gasteiger partial charge in [-0.1, -0.05) is 86.4 Å². The molecule has 0 N–H and O–H groups in total. The summed E-state index contributed by atoms with van der Waals surface area (Å²) >= 11 is 0. The molecule has 0 bridgehead atoms. The second kappa shape index (κ2) is 7.96. The lowest BCUT2D eigenvalue weighted by Crippen LogP contribution is -2.17. The predicted molar refractivity (Wildman–Crippen MR) is 118 cm³/mol. The maximum absolute atomic E-state index is 3.87. The van der Waals surface area contributed by atoms with Crippen LogP contribution >= 0.6 is 0 Å². The van der Waals surface area contributed by atoms with Crippen molar-refractivity contribution in [3.63, 3.8) is 0 Å². The van der Waals surface area contributed by atoms with E-state index in [4.69, 9.17) is 0 Å². The van der Waals surface area contributed by atoms with Crippen LogP contribution in [0.15, 0.2) is 96.2 Å². The van der Waals surface area contributed by atoms with Gasteiger partial charge in [-0.05, 0) is 71.1 Å². The van der Waals surface area contributed by atoms with Gasteiger partial charge in [-0.25, -0.2) is 0 Å². The first kappa shape index (κ1) is 17.8. The molecule has 3 aliphatic carbocycles. The van der Waals surface area contributed by atoms with E-state index in [1.54, 1.807) is 0 Å². The van der Waals surface area contributed by atoms with E-state index < -0.39 is 0 Å². The van der Waals surface area contributed by atoms with Gasteiger partial charge in [0.15, 0.2) is 0 Å². The Morgan fingerprint density at radius 1 is 1.19 bits per heavy atom. The zero-order valence-electron chi connectivity index (χ0n) is 16.2. The van der Waals surface area contributed by atoms with Crippen molar-refractivity contribution < 1.29 is 0 Å². The van der Waals surface area contributed by atoms with Crippen molar-refractivity contribution in [3.05, 3.63) is 113 Å². The van der Waals surface area contributed by atoms with Crippen molar-refractivity contribution in [2.24, 2.45) is 0 Å². The Morgan fingerprint density at radius 2 is 2.07 bits per heavy atom. The largest absolute Gasteiger partial charge is 0.0991 e. The van der Waals surface area contributed by atoms with E-state index in [1.807, 2.05) is 6.08 Å². The van der Waals surface area contributed by atoms with Gasteiger partial charge in [-0.2, -0.15) is 0 Å². The minimum Gasteiger partial charge on any atom is -0.0991 e. The summed E-state index contributed by atoms with van der Waals surface area (Å²) < 4.78 is 0. The van der Waals surface area contributed by atoms with E-state index in [0.29, 0.717) is 5.92 Å². The van der Waals surface area contributed by atoms with Gasteiger partial charge in [0.2, 0.25) is 0 Å². The molecule has 1 aromatic rings. The van der Waals surface area contributed by atoms with E-state index in [0.717, 1.165) is 32.1 Å². The quantitative estimate of drug-likeness (QED) is 0.495. The van der Waals surface area contributed by atoms with Crippen molar-refractivity contribution in [3.8, 4) is 0 Å². The van der Waals surface area contributed by atoms with Crippen LogP contribution in [0.1, 0.15) is 55.2 Å². The summed E-state index contributed by atoms with van der Waals surface area (Å²) in [6.07, 6.45) is 25.5. The normalized spacial score (nSPS) is 22.8. The Kier molecular flexibility index (Phi) is 5.25. The van der Waals surface area contributed by atoms with E-state index in [2.05, 4.69) is 80.3 Å². The zero-order chi connectivity index (χ0) is 18.6. The standard InChI is InChI=1S/C27H28/c1-3-10-20(4-2)17-24-18-23-16-15-22(21-11-6-5-7-12-21)19-27(23)26-14-9-8-13-25(24)26/h3,5-6,8-11,13,15-17,19,26H,1,4,7,12,14,18H2,2H3/b20-10-,24-17+. The van der Waals surface area contributed by atoms with Crippen LogP contribution in [0.5, 0.6) is 0 Å². The molecule has 0 nitrogen and oxygen atoms in total. The van der Waals surface area contributed by atoms with Crippen LogP contribution in [0.4, 0.5) is 0 Å². The Labute approximate surface area is 163 Å². The van der Waals surface area contributed by atoms with Crippen LogP contribution in [0.3, 0.4) is 0 Å². The minimum absolute atomic E-state index is 0.492. The van der Waals surface area contributed by atoms with Crippen LogP contribution in [0.2, 0.25) is 0 Å². The highest BCUT2D eigenvalue weighted by atomic mass is 14.3. The van der Waals surface area contributed by atoms with Gasteiger partial charge < -0.3 is 0 Å². The molecule has 0 fully saturated rings. The first-order valence-corrected chi connectivity index (χ1v) is 10.2. The average molecular weight is 353 g/mol. The van der Waals surface area contributed by atoms with Crippen LogP contribution in [0.25, 0.3) is 5.57 Å². The van der Waals surface area contributed by atoms with Gasteiger partial charge in [-0.15, -0.1) is 0 Å². The summed E-state index contributed by atoms with van der Waals surface area (Å²) in [4.78, 5) is 0. The van der Waals surface area contributed by atoms with Crippen LogP contribution in [0, 0.1) is 0 Å². The Morgan fingerprint density at radius 3 is 2.85 bits per heavy atom. The monoisotopic (exact) mass is 352 g/mol. The predicted octanol–water partition coefficient (Wildman–Crippen LogP) is 7.39. The molecule has 3 aliphatic rings. The summed E-state index contributed by atoms with van der Waals surface area (Å²) in [6, 6.07) is 7.17. The molecule has 1 atom stereocenters. The third-order valence-electron chi connectivity index (χ3n) is 5.92. The van der Waals surface area contributed by atoms with E-state index in [1.165, 1.54) is 39.0 Å². The van der Waals surface area contributed by atoms with Gasteiger partial charge in [0.25, 0.3) is 0 Å². The fourth-order valence-corrected chi connectivity index (χ4v) is 4.46. The molecule has 0 aromatic heterocycles. The molecular weight excluding hydrogens is 324 g/mol. The second-order valence-corrected chi connectivity index (χ2v) is 7.59. The lowest BCUT2D eigenvalue weighted by Gasteiger charge is -2.32. The molecule has 0 saturated heterocycles. The summed E-state index contributed by atoms with van der Waals surface area (Å²) in [7, 11) is 0. The third-order valence-corrected chi connectivity index (χ3v) is 5.92. The lowest BCUT2D eigenvalue weighted by atomic mass is 9.72. The highest BCUT2D eigenvalue weighted by molar-refractivity contribution is 5.70. The summed E-state index contributed by atoms with van der Waals surface area (Å²) in [5.41, 5.74) is 10.2. The van der Waals surface area contributed by atoms with Gasteiger partial charge in [0, 0.05) is 5.92 Å². The second-order valence-electron chi connectivity index (χ2n) is 7.59. The molecule has 0 heteroatoms. The number of hydrogen-bond acceptors (Lipinski definition) is 0. The van der Waals surface area contributed by atoms with Crippen molar-refractivity contribution in [1.82, 2.24) is 0 Å². The number of allylic oxidation sites excluding steroid dienone is 13. The Bertz CT molecular complexity index is 925. The van der Waals surface area contributed by atoms with E-state index >= 15 is 0 Å². The molecule has 27 heavy (non-hydrogen) atoms. The maximum Gasteiger partial charge on any atom is 0.0130 e. The Hall–Kier alpha value is -2.60.